The molecule has 3 heterocycles. The van der Waals surface area contributed by atoms with Crippen molar-refractivity contribution in [1.82, 2.24) is 19.9 Å². The van der Waals surface area contributed by atoms with Gasteiger partial charge in [-0.25, -0.2) is 19.9 Å². The summed E-state index contributed by atoms with van der Waals surface area (Å²) in [6.45, 7) is 0. The normalized spacial score (nSPS) is 13.2. The van der Waals surface area contributed by atoms with Crippen LogP contribution in [0.2, 0.25) is 0 Å². The summed E-state index contributed by atoms with van der Waals surface area (Å²) in [6, 6.07) is 58.8. The number of para-hydroxylation sites is 3. The topological polar surface area (TPSA) is 60.8 Å². The molecular weight excluding hydrogens is 669 g/mol. The second-order valence-electron chi connectivity index (χ2n) is 13.3. The van der Waals surface area contributed by atoms with Gasteiger partial charge in [0.2, 0.25) is 0 Å². The van der Waals surface area contributed by atoms with Crippen molar-refractivity contribution >= 4 is 21.6 Å². The molecule has 9 aromatic rings. The van der Waals surface area contributed by atoms with Crippen LogP contribution in [0.5, 0.6) is 11.5 Å². The zero-order valence-corrected chi connectivity index (χ0v) is 29.1. The van der Waals surface area contributed by atoms with Crippen LogP contribution in [-0.4, -0.2) is 19.9 Å². The van der Waals surface area contributed by atoms with Gasteiger partial charge in [-0.2, -0.15) is 0 Å². The van der Waals surface area contributed by atoms with Crippen LogP contribution < -0.4 is 4.74 Å². The molecule has 0 radical (unpaired) electrons. The van der Waals surface area contributed by atoms with Gasteiger partial charge in [-0.1, -0.05) is 146 Å². The predicted octanol–water partition coefficient (Wildman–Crippen LogP) is 11.6. The molecule has 2 aliphatic rings. The third-order valence-electron chi connectivity index (χ3n) is 10.5. The Morgan fingerprint density at radius 1 is 0.396 bits per heavy atom. The number of benzene rings is 7. The van der Waals surface area contributed by atoms with Crippen LogP contribution in [0.3, 0.4) is 0 Å². The molecule has 1 aliphatic heterocycles. The Morgan fingerprint density at radius 3 is 1.51 bits per heavy atom. The molecule has 2 aromatic heterocycles. The fourth-order valence-corrected chi connectivity index (χ4v) is 9.27. The molecule has 0 fully saturated rings. The Kier molecular flexibility index (Phi) is 6.57. The minimum atomic E-state index is -0.670. The van der Waals surface area contributed by atoms with E-state index in [0.717, 1.165) is 76.8 Å². The predicted molar refractivity (Wildman–Crippen MR) is 212 cm³/mol. The lowest BCUT2D eigenvalue weighted by molar-refractivity contribution is 0.436. The Hall–Kier alpha value is -6.76. The number of ether oxygens (including phenoxy) is 1. The molecule has 0 saturated carbocycles. The molecule has 5 nitrogen and oxygen atoms in total. The molecule has 0 atom stereocenters. The second kappa shape index (κ2) is 11.6. The summed E-state index contributed by atoms with van der Waals surface area (Å²) in [7, 11) is 0. The summed E-state index contributed by atoms with van der Waals surface area (Å²) >= 11 is 1.72. The lowest BCUT2D eigenvalue weighted by Crippen LogP contribution is -2.32. The first-order valence-electron chi connectivity index (χ1n) is 17.6. The summed E-state index contributed by atoms with van der Waals surface area (Å²) in [4.78, 5) is 20.7. The SMILES string of the molecule is c1ccc(-c2nc(-c3ccccc3)nc(-c3cccc4c3-c3c(-c5nc6ccccc6s5)cccc3C43c4ccccc4Oc4ccccc43)n2)cc1. The van der Waals surface area contributed by atoms with Crippen LogP contribution in [0.25, 0.3) is 66.1 Å². The quantitative estimate of drug-likeness (QED) is 0.183. The summed E-state index contributed by atoms with van der Waals surface area (Å²) in [5.41, 5.74) is 11.0. The first-order chi connectivity index (χ1) is 26.3. The number of aromatic nitrogens is 4. The minimum absolute atomic E-state index is 0.616. The molecule has 0 amide bonds. The minimum Gasteiger partial charge on any atom is -0.457 e. The van der Waals surface area contributed by atoms with Gasteiger partial charge in [0.05, 0.1) is 15.6 Å². The number of nitrogens with zero attached hydrogens (tertiary/aromatic N) is 4. The van der Waals surface area contributed by atoms with E-state index >= 15 is 0 Å². The molecule has 1 aliphatic carbocycles. The standard InChI is InChI=1S/C47H28N4OS/c1-3-15-29(16-4-1)43-49-44(30-17-5-2-6-18-30)51-45(50-43)31-19-13-23-35-41(31)42-32(46-48-37-25-9-12-28-40(37)53-46)20-14-24-36(42)47(35)33-21-7-10-26-38(33)52-39-27-11-8-22-34(39)47/h1-28H. The maximum atomic E-state index is 6.65. The van der Waals surface area contributed by atoms with E-state index in [4.69, 9.17) is 24.7 Å². The second-order valence-corrected chi connectivity index (χ2v) is 14.4. The zero-order valence-electron chi connectivity index (χ0n) is 28.3. The summed E-state index contributed by atoms with van der Waals surface area (Å²) in [5.74, 6) is 3.56. The third kappa shape index (κ3) is 4.43. The average molecular weight is 697 g/mol. The monoisotopic (exact) mass is 696 g/mol. The van der Waals surface area contributed by atoms with Gasteiger partial charge >= 0.3 is 0 Å². The fraction of sp³-hybridized carbons (Fsp3) is 0.0213. The average Bonchev–Trinajstić information content (AvgIpc) is 3.80. The van der Waals surface area contributed by atoms with Gasteiger partial charge in [0.25, 0.3) is 0 Å². The number of rotatable bonds is 4. The number of hydrogen-bond donors (Lipinski definition) is 0. The third-order valence-corrected chi connectivity index (χ3v) is 11.5. The molecule has 11 rings (SSSR count). The van der Waals surface area contributed by atoms with Gasteiger partial charge < -0.3 is 4.74 Å². The van der Waals surface area contributed by atoms with Crippen molar-refractivity contribution in [2.45, 2.75) is 5.41 Å². The lowest BCUT2D eigenvalue weighted by Gasteiger charge is -2.39. The zero-order chi connectivity index (χ0) is 34.9. The van der Waals surface area contributed by atoms with E-state index in [2.05, 4.69) is 121 Å². The van der Waals surface area contributed by atoms with Crippen molar-refractivity contribution < 1.29 is 4.74 Å². The summed E-state index contributed by atoms with van der Waals surface area (Å²) in [5, 5.41) is 0.972. The molecule has 0 N–H and O–H groups in total. The molecule has 6 heteroatoms. The van der Waals surface area contributed by atoms with Gasteiger partial charge in [0.15, 0.2) is 17.5 Å². The van der Waals surface area contributed by atoms with Gasteiger partial charge in [0.1, 0.15) is 16.5 Å². The van der Waals surface area contributed by atoms with Gasteiger partial charge in [0, 0.05) is 33.4 Å². The van der Waals surface area contributed by atoms with E-state index in [0.29, 0.717) is 17.5 Å². The number of fused-ring (bicyclic) bond motifs is 10. The van der Waals surface area contributed by atoms with Crippen molar-refractivity contribution in [2.75, 3.05) is 0 Å². The number of hydrogen-bond acceptors (Lipinski definition) is 6. The Bertz CT molecular complexity index is 2750. The highest BCUT2D eigenvalue weighted by atomic mass is 32.1. The first-order valence-corrected chi connectivity index (χ1v) is 18.5. The molecule has 0 saturated heterocycles. The van der Waals surface area contributed by atoms with Crippen molar-refractivity contribution in [3.8, 4) is 67.4 Å². The first kappa shape index (κ1) is 29.9. The molecular formula is C47H28N4OS. The van der Waals surface area contributed by atoms with Crippen LogP contribution >= 0.6 is 11.3 Å². The fourth-order valence-electron chi connectivity index (χ4n) is 8.27. The van der Waals surface area contributed by atoms with E-state index < -0.39 is 5.41 Å². The summed E-state index contributed by atoms with van der Waals surface area (Å²) in [6.07, 6.45) is 0. The maximum absolute atomic E-state index is 6.65. The molecule has 7 aromatic carbocycles. The van der Waals surface area contributed by atoms with Crippen molar-refractivity contribution in [3.63, 3.8) is 0 Å². The van der Waals surface area contributed by atoms with E-state index in [1.807, 2.05) is 48.5 Å². The summed E-state index contributed by atoms with van der Waals surface area (Å²) < 4.78 is 7.80. The Labute approximate surface area is 309 Å². The lowest BCUT2D eigenvalue weighted by atomic mass is 9.66. The molecule has 0 bridgehead atoms. The smallest absolute Gasteiger partial charge is 0.164 e. The molecule has 1 spiro atoms. The molecule has 248 valence electrons. The van der Waals surface area contributed by atoms with E-state index in [9.17, 15) is 0 Å². The van der Waals surface area contributed by atoms with Gasteiger partial charge in [-0.15, -0.1) is 11.3 Å². The van der Waals surface area contributed by atoms with E-state index in [-0.39, 0.29) is 0 Å². The number of thiazole rings is 1. The molecule has 53 heavy (non-hydrogen) atoms. The Morgan fingerprint density at radius 2 is 0.887 bits per heavy atom. The van der Waals surface area contributed by atoms with Gasteiger partial charge in [-0.3, -0.25) is 0 Å². The van der Waals surface area contributed by atoms with Crippen LogP contribution in [0.1, 0.15) is 22.3 Å². The van der Waals surface area contributed by atoms with Crippen molar-refractivity contribution in [1.29, 1.82) is 0 Å². The highest BCUT2D eigenvalue weighted by molar-refractivity contribution is 7.21. The highest BCUT2D eigenvalue weighted by Crippen LogP contribution is 2.64. The molecule has 0 unspecified atom stereocenters. The van der Waals surface area contributed by atoms with Crippen LogP contribution in [0, 0.1) is 0 Å². The highest BCUT2D eigenvalue weighted by Gasteiger charge is 2.52. The maximum Gasteiger partial charge on any atom is 0.164 e. The van der Waals surface area contributed by atoms with Crippen LogP contribution in [-0.2, 0) is 5.41 Å². The van der Waals surface area contributed by atoms with Gasteiger partial charge in [-0.05, 0) is 46.5 Å². The van der Waals surface area contributed by atoms with E-state index in [1.165, 1.54) is 5.56 Å². The largest absolute Gasteiger partial charge is 0.457 e. The Balaban J connectivity index is 1.28. The van der Waals surface area contributed by atoms with Crippen molar-refractivity contribution in [3.05, 3.63) is 192 Å². The van der Waals surface area contributed by atoms with E-state index in [1.54, 1.807) is 11.3 Å². The van der Waals surface area contributed by atoms with Crippen LogP contribution in [0.15, 0.2) is 170 Å². The van der Waals surface area contributed by atoms with Crippen molar-refractivity contribution in [2.24, 2.45) is 0 Å². The van der Waals surface area contributed by atoms with Crippen LogP contribution in [0.4, 0.5) is 0 Å².